The molecule has 1 N–H and O–H groups in total. The van der Waals surface area contributed by atoms with Crippen LogP contribution >= 0.6 is 0 Å². The van der Waals surface area contributed by atoms with Crippen LogP contribution in [0.1, 0.15) is 43.6 Å². The van der Waals surface area contributed by atoms with Gasteiger partial charge in [0.1, 0.15) is 5.69 Å². The summed E-state index contributed by atoms with van der Waals surface area (Å²) >= 11 is 0. The molecular formula is C13H18N4O5S. The highest BCUT2D eigenvalue weighted by Gasteiger charge is 2.32. The summed E-state index contributed by atoms with van der Waals surface area (Å²) in [6.45, 7) is 2.97. The molecule has 3 rings (SSSR count). The third-order valence-corrected chi connectivity index (χ3v) is 5.87. The van der Waals surface area contributed by atoms with Crippen molar-refractivity contribution in [1.82, 2.24) is 14.3 Å². The van der Waals surface area contributed by atoms with Crippen LogP contribution in [0.2, 0.25) is 0 Å². The van der Waals surface area contributed by atoms with E-state index in [0.717, 1.165) is 32.1 Å². The fourth-order valence-corrected chi connectivity index (χ4v) is 4.44. The van der Waals surface area contributed by atoms with Gasteiger partial charge in [0.15, 0.2) is 10.7 Å². The Bertz CT molecular complexity index is 838. The lowest BCUT2D eigenvalue weighted by Crippen LogP contribution is -2.30. The van der Waals surface area contributed by atoms with Crippen LogP contribution in [0.4, 0.5) is 5.95 Å². The fourth-order valence-electron chi connectivity index (χ4n) is 2.90. The molecular weight excluding hydrogens is 324 g/mol. The van der Waals surface area contributed by atoms with Gasteiger partial charge in [0.2, 0.25) is 0 Å². The summed E-state index contributed by atoms with van der Waals surface area (Å²) in [6.07, 6.45) is 5.05. The molecule has 126 valence electrons. The summed E-state index contributed by atoms with van der Waals surface area (Å²) in [4.78, 5) is 11.8. The van der Waals surface area contributed by atoms with Gasteiger partial charge < -0.3 is 9.84 Å². The molecule has 1 fully saturated rings. The summed E-state index contributed by atoms with van der Waals surface area (Å²) in [6, 6.07) is 0.0689. The highest BCUT2D eigenvalue weighted by molar-refractivity contribution is 7.90. The molecule has 1 aliphatic carbocycles. The first kappa shape index (κ1) is 15.8. The fraction of sp³-hybridized carbons (Fsp3) is 0.615. The van der Waals surface area contributed by atoms with Crippen molar-refractivity contribution in [2.24, 2.45) is 0 Å². The monoisotopic (exact) mass is 342 g/mol. The molecule has 0 aromatic carbocycles. The molecule has 1 saturated carbocycles. The minimum atomic E-state index is -4.20. The van der Waals surface area contributed by atoms with Gasteiger partial charge in [-0.2, -0.15) is 0 Å². The van der Waals surface area contributed by atoms with E-state index < -0.39 is 15.8 Å². The maximum atomic E-state index is 12.8. The third kappa shape index (κ3) is 2.78. The smallest absolute Gasteiger partial charge is 0.360 e. The first-order valence-electron chi connectivity index (χ1n) is 7.45. The molecule has 1 aliphatic rings. The number of hydrogen-bond acceptors (Lipinski definition) is 8. The zero-order chi connectivity index (χ0) is 16.6. The van der Waals surface area contributed by atoms with Crippen molar-refractivity contribution in [3.8, 4) is 0 Å². The van der Waals surface area contributed by atoms with Crippen LogP contribution in [-0.2, 0) is 10.0 Å². The average molecular weight is 342 g/mol. The Morgan fingerprint density at radius 3 is 2.43 bits per heavy atom. The Hall–Kier alpha value is -2.10. The first-order valence-corrected chi connectivity index (χ1v) is 8.89. The van der Waals surface area contributed by atoms with E-state index in [0.29, 0.717) is 3.97 Å². The number of rotatable bonds is 4. The van der Waals surface area contributed by atoms with Gasteiger partial charge in [-0.05, 0) is 31.8 Å². The molecule has 2 aromatic heterocycles. The second kappa shape index (κ2) is 5.84. The highest BCUT2D eigenvalue weighted by atomic mass is 32.2. The van der Waals surface area contributed by atoms with Crippen LogP contribution in [0, 0.1) is 13.8 Å². The first-order chi connectivity index (χ1) is 10.9. The van der Waals surface area contributed by atoms with E-state index in [1.54, 1.807) is 0 Å². The van der Waals surface area contributed by atoms with Gasteiger partial charge in [0.25, 0.3) is 16.0 Å². The summed E-state index contributed by atoms with van der Waals surface area (Å²) in [5.41, 5.74) is 0.180. The maximum Gasteiger partial charge on any atom is 0.457 e. The lowest BCUT2D eigenvalue weighted by molar-refractivity contribution is 0.383. The number of hydrogen-bond donors (Lipinski definition) is 1. The van der Waals surface area contributed by atoms with Crippen molar-refractivity contribution in [2.75, 3.05) is 5.32 Å². The van der Waals surface area contributed by atoms with Gasteiger partial charge in [0, 0.05) is 6.04 Å². The molecule has 2 aromatic rings. The van der Waals surface area contributed by atoms with Crippen LogP contribution in [0.5, 0.6) is 0 Å². The number of anilines is 1. The van der Waals surface area contributed by atoms with E-state index in [9.17, 15) is 13.2 Å². The standard InChI is InChI=1S/C13H18N4O5S/c1-8-11(9(2)21-15-8)23(19,20)17-12(16-22-13(17)18)14-10-6-4-3-5-7-10/h10H,3-7H2,1-2H3,(H,14,16). The zero-order valence-corrected chi connectivity index (χ0v) is 13.7. The van der Waals surface area contributed by atoms with Gasteiger partial charge in [-0.3, -0.25) is 4.52 Å². The molecule has 0 bridgehead atoms. The second-order valence-electron chi connectivity index (χ2n) is 5.67. The quantitative estimate of drug-likeness (QED) is 0.885. The van der Waals surface area contributed by atoms with Crippen molar-refractivity contribution >= 4 is 16.0 Å². The molecule has 0 atom stereocenters. The van der Waals surface area contributed by atoms with Gasteiger partial charge in [0.05, 0.1) is 0 Å². The maximum absolute atomic E-state index is 12.8. The van der Waals surface area contributed by atoms with Crippen molar-refractivity contribution in [1.29, 1.82) is 0 Å². The van der Waals surface area contributed by atoms with Gasteiger partial charge in [-0.1, -0.05) is 24.4 Å². The molecule has 10 heteroatoms. The van der Waals surface area contributed by atoms with Gasteiger partial charge in [-0.15, -0.1) is 3.97 Å². The van der Waals surface area contributed by atoms with Crippen LogP contribution in [-0.4, -0.2) is 28.7 Å². The number of nitrogens with zero attached hydrogens (tertiary/aromatic N) is 3. The highest BCUT2D eigenvalue weighted by Crippen LogP contribution is 2.25. The Balaban J connectivity index is 2.02. The Morgan fingerprint density at radius 1 is 1.13 bits per heavy atom. The largest absolute Gasteiger partial charge is 0.457 e. The minimum absolute atomic E-state index is 0.0689. The normalized spacial score (nSPS) is 16.6. The average Bonchev–Trinajstić information content (AvgIpc) is 3.03. The van der Waals surface area contributed by atoms with E-state index in [1.165, 1.54) is 13.8 Å². The van der Waals surface area contributed by atoms with E-state index in [-0.39, 0.29) is 28.3 Å². The Kier molecular flexibility index (Phi) is 4.00. The molecule has 0 radical (unpaired) electrons. The van der Waals surface area contributed by atoms with E-state index in [4.69, 9.17) is 4.52 Å². The number of nitrogens with one attached hydrogen (secondary N) is 1. The summed E-state index contributed by atoms with van der Waals surface area (Å²) < 4.78 is 35.6. The lowest BCUT2D eigenvalue weighted by Gasteiger charge is -2.22. The van der Waals surface area contributed by atoms with Crippen LogP contribution in [0.25, 0.3) is 0 Å². The summed E-state index contributed by atoms with van der Waals surface area (Å²) in [5, 5.41) is 10.2. The SMILES string of the molecule is Cc1noc(C)c1S(=O)(=O)n1c(NC2CCCCC2)noc1=O. The van der Waals surface area contributed by atoms with Crippen LogP contribution in [0.15, 0.2) is 18.7 Å². The van der Waals surface area contributed by atoms with Crippen molar-refractivity contribution < 1.29 is 17.5 Å². The molecule has 0 saturated heterocycles. The summed E-state index contributed by atoms with van der Waals surface area (Å²) in [5.74, 6) is -1.07. The predicted octanol–water partition coefficient (Wildman–Crippen LogP) is 1.42. The van der Waals surface area contributed by atoms with Gasteiger partial charge >= 0.3 is 5.76 Å². The van der Waals surface area contributed by atoms with Crippen LogP contribution < -0.4 is 11.1 Å². The van der Waals surface area contributed by atoms with Crippen molar-refractivity contribution in [3.63, 3.8) is 0 Å². The Morgan fingerprint density at radius 2 is 1.83 bits per heavy atom. The lowest BCUT2D eigenvalue weighted by atomic mass is 9.96. The molecule has 0 unspecified atom stereocenters. The minimum Gasteiger partial charge on any atom is -0.360 e. The molecule has 0 amide bonds. The second-order valence-corrected chi connectivity index (χ2v) is 7.40. The van der Waals surface area contributed by atoms with E-state index in [1.807, 2.05) is 0 Å². The number of aromatic nitrogens is 3. The molecule has 23 heavy (non-hydrogen) atoms. The summed E-state index contributed by atoms with van der Waals surface area (Å²) in [7, 11) is -4.20. The zero-order valence-electron chi connectivity index (χ0n) is 12.9. The molecule has 0 aliphatic heterocycles. The van der Waals surface area contributed by atoms with E-state index in [2.05, 4.69) is 20.2 Å². The predicted molar refractivity (Wildman–Crippen MR) is 79.8 cm³/mol. The van der Waals surface area contributed by atoms with E-state index >= 15 is 0 Å². The molecule has 2 heterocycles. The molecule has 0 spiro atoms. The van der Waals surface area contributed by atoms with Crippen molar-refractivity contribution in [2.45, 2.75) is 56.9 Å². The van der Waals surface area contributed by atoms with Gasteiger partial charge in [-0.25, -0.2) is 13.2 Å². The third-order valence-electron chi connectivity index (χ3n) is 3.97. The Labute approximate surface area is 132 Å². The van der Waals surface area contributed by atoms with Crippen LogP contribution in [0.3, 0.4) is 0 Å². The van der Waals surface area contributed by atoms with Crippen molar-refractivity contribution in [3.05, 3.63) is 22.0 Å². The topological polar surface area (TPSA) is 120 Å². The molecule has 9 nitrogen and oxygen atoms in total. The number of aryl methyl sites for hydroxylation is 2.